The molecule has 0 heterocycles. The van der Waals surface area contributed by atoms with Crippen LogP contribution in [0, 0.1) is 0 Å². The van der Waals surface area contributed by atoms with Crippen molar-refractivity contribution in [3.05, 3.63) is 91.0 Å². The summed E-state index contributed by atoms with van der Waals surface area (Å²) < 4.78 is 0. The number of rotatable bonds is 3. The van der Waals surface area contributed by atoms with Gasteiger partial charge in [0.1, 0.15) is 0 Å². The van der Waals surface area contributed by atoms with Crippen molar-refractivity contribution >= 4 is 24.4 Å². The average molecular weight is 259 g/mol. The third-order valence-corrected chi connectivity index (χ3v) is 5.92. The maximum Gasteiger partial charge on any atom is 0.154 e. The summed E-state index contributed by atoms with van der Waals surface area (Å²) in [4.78, 5) is 0. The van der Waals surface area contributed by atoms with Crippen molar-refractivity contribution in [2.24, 2.45) is 0 Å². The van der Waals surface area contributed by atoms with Gasteiger partial charge in [-0.25, -0.2) is 0 Å². The first-order valence-electron chi connectivity index (χ1n) is 6.48. The Morgan fingerprint density at radius 2 is 0.632 bits per heavy atom. The van der Waals surface area contributed by atoms with Crippen LogP contribution in [0.1, 0.15) is 0 Å². The maximum atomic E-state index is 2.24. The fourth-order valence-electron chi connectivity index (χ4n) is 2.31. The lowest BCUT2D eigenvalue weighted by atomic mass is 10.3. The summed E-state index contributed by atoms with van der Waals surface area (Å²) in [7, 11) is -0.877. The first-order valence-corrected chi connectivity index (χ1v) is 7.98. The van der Waals surface area contributed by atoms with E-state index >= 15 is 0 Å². The van der Waals surface area contributed by atoms with Crippen molar-refractivity contribution in [3.63, 3.8) is 0 Å². The molecule has 0 nitrogen and oxygen atoms in total. The predicted molar refractivity (Wildman–Crippen MR) is 84.0 cm³/mol. The van der Waals surface area contributed by atoms with Crippen LogP contribution >= 0.6 is 0 Å². The Balaban J connectivity index is 2.12. The highest BCUT2D eigenvalue weighted by molar-refractivity contribution is 6.95. The van der Waals surface area contributed by atoms with E-state index in [9.17, 15) is 0 Å². The monoisotopic (exact) mass is 259 g/mol. The molecular weight excluding hydrogens is 244 g/mol. The van der Waals surface area contributed by atoms with Crippen LogP contribution in [0.4, 0.5) is 0 Å². The lowest BCUT2D eigenvalue weighted by Gasteiger charge is -2.16. The second-order valence-corrected chi connectivity index (χ2v) is 6.96. The van der Waals surface area contributed by atoms with E-state index in [0.717, 1.165) is 0 Å². The molecule has 0 saturated heterocycles. The van der Waals surface area contributed by atoms with Gasteiger partial charge in [0, 0.05) is 0 Å². The molecule has 1 radical (unpaired) electrons. The third kappa shape index (κ3) is 2.66. The van der Waals surface area contributed by atoms with Crippen LogP contribution < -0.4 is 15.6 Å². The zero-order valence-corrected chi connectivity index (χ0v) is 11.7. The molecular formula is C18H15Si. The van der Waals surface area contributed by atoms with Gasteiger partial charge in [0.05, 0.1) is 0 Å². The molecule has 0 atom stereocenters. The molecule has 0 unspecified atom stereocenters. The van der Waals surface area contributed by atoms with Gasteiger partial charge in [-0.1, -0.05) is 107 Å². The van der Waals surface area contributed by atoms with Crippen molar-refractivity contribution in [3.8, 4) is 0 Å². The van der Waals surface area contributed by atoms with Gasteiger partial charge in [0.25, 0.3) is 0 Å². The topological polar surface area (TPSA) is 0 Å². The smallest absolute Gasteiger partial charge is 0.0624 e. The quantitative estimate of drug-likeness (QED) is 0.500. The Morgan fingerprint density at radius 1 is 0.368 bits per heavy atom. The molecule has 0 bridgehead atoms. The Morgan fingerprint density at radius 3 is 0.895 bits per heavy atom. The van der Waals surface area contributed by atoms with Crippen LogP contribution in [0.15, 0.2) is 91.0 Å². The molecule has 3 aromatic carbocycles. The minimum atomic E-state index is -0.877. The van der Waals surface area contributed by atoms with Gasteiger partial charge in [0.2, 0.25) is 0 Å². The molecule has 0 amide bonds. The van der Waals surface area contributed by atoms with Crippen molar-refractivity contribution in [2.75, 3.05) is 0 Å². The van der Waals surface area contributed by atoms with Gasteiger partial charge in [-0.05, 0) is 0 Å². The molecule has 3 rings (SSSR count). The van der Waals surface area contributed by atoms with Crippen LogP contribution in [0.5, 0.6) is 0 Å². The Hall–Kier alpha value is -2.12. The summed E-state index contributed by atoms with van der Waals surface area (Å²) in [5.41, 5.74) is 0. The van der Waals surface area contributed by atoms with Crippen LogP contribution in [-0.2, 0) is 0 Å². The van der Waals surface area contributed by atoms with Gasteiger partial charge in [-0.3, -0.25) is 0 Å². The van der Waals surface area contributed by atoms with E-state index in [-0.39, 0.29) is 0 Å². The van der Waals surface area contributed by atoms with E-state index in [1.807, 2.05) is 0 Å². The van der Waals surface area contributed by atoms with Crippen molar-refractivity contribution in [2.45, 2.75) is 0 Å². The Labute approximate surface area is 116 Å². The Bertz CT molecular complexity index is 524. The molecule has 19 heavy (non-hydrogen) atoms. The SMILES string of the molecule is c1ccc([Si](c2ccccc2)c2ccccc2)cc1. The van der Waals surface area contributed by atoms with Crippen molar-refractivity contribution in [1.82, 2.24) is 0 Å². The van der Waals surface area contributed by atoms with E-state index < -0.39 is 8.80 Å². The molecule has 3 aromatic rings. The van der Waals surface area contributed by atoms with Crippen LogP contribution in [-0.4, -0.2) is 8.80 Å². The van der Waals surface area contributed by atoms with Crippen molar-refractivity contribution in [1.29, 1.82) is 0 Å². The normalized spacial score (nSPS) is 10.6. The number of benzene rings is 3. The molecule has 0 saturated carbocycles. The van der Waals surface area contributed by atoms with Gasteiger partial charge in [0.15, 0.2) is 8.80 Å². The van der Waals surface area contributed by atoms with E-state index in [0.29, 0.717) is 0 Å². The molecule has 91 valence electrons. The summed E-state index contributed by atoms with van der Waals surface area (Å²) in [5.74, 6) is 0. The van der Waals surface area contributed by atoms with Gasteiger partial charge < -0.3 is 0 Å². The van der Waals surface area contributed by atoms with E-state index in [1.165, 1.54) is 15.6 Å². The minimum Gasteiger partial charge on any atom is -0.0624 e. The predicted octanol–water partition coefficient (Wildman–Crippen LogP) is 2.20. The van der Waals surface area contributed by atoms with E-state index in [2.05, 4.69) is 91.0 Å². The number of hydrogen-bond donors (Lipinski definition) is 0. The summed E-state index contributed by atoms with van der Waals surface area (Å²) >= 11 is 0. The molecule has 1 heteroatoms. The summed E-state index contributed by atoms with van der Waals surface area (Å²) in [5, 5.41) is 4.31. The van der Waals surface area contributed by atoms with Gasteiger partial charge >= 0.3 is 0 Å². The molecule has 0 N–H and O–H groups in total. The lowest BCUT2D eigenvalue weighted by Crippen LogP contribution is -2.51. The fraction of sp³-hybridized carbons (Fsp3) is 0. The largest absolute Gasteiger partial charge is 0.154 e. The molecule has 0 aliphatic rings. The number of hydrogen-bond acceptors (Lipinski definition) is 0. The molecule has 0 fully saturated rings. The van der Waals surface area contributed by atoms with E-state index in [1.54, 1.807) is 0 Å². The summed E-state index contributed by atoms with van der Waals surface area (Å²) in [6.45, 7) is 0. The molecule has 0 spiro atoms. The van der Waals surface area contributed by atoms with Gasteiger partial charge in [-0.2, -0.15) is 0 Å². The first-order chi connectivity index (χ1) is 9.45. The minimum absolute atomic E-state index is 0.877. The highest BCUT2D eigenvalue weighted by Crippen LogP contribution is 1.95. The van der Waals surface area contributed by atoms with Crippen molar-refractivity contribution < 1.29 is 0 Å². The maximum absolute atomic E-state index is 2.24. The zero-order valence-electron chi connectivity index (χ0n) is 10.7. The fourth-order valence-corrected chi connectivity index (χ4v) is 4.89. The zero-order chi connectivity index (χ0) is 12.9. The van der Waals surface area contributed by atoms with Crippen LogP contribution in [0.25, 0.3) is 0 Å². The standard InChI is InChI=1S/C18H15Si/c1-4-10-16(11-5-1)19(17-12-6-2-7-13-17)18-14-8-3-9-15-18/h1-15H. The summed E-state index contributed by atoms with van der Waals surface area (Å²) in [6, 6.07) is 32.5. The molecule has 0 aliphatic carbocycles. The highest BCUT2D eigenvalue weighted by Gasteiger charge is 2.18. The second-order valence-electron chi connectivity index (χ2n) is 4.47. The van der Waals surface area contributed by atoms with Crippen LogP contribution in [0.3, 0.4) is 0 Å². The van der Waals surface area contributed by atoms with Crippen LogP contribution in [0.2, 0.25) is 0 Å². The average Bonchev–Trinajstić information content (AvgIpc) is 2.51. The lowest BCUT2D eigenvalue weighted by molar-refractivity contribution is 1.71. The van der Waals surface area contributed by atoms with E-state index in [4.69, 9.17) is 0 Å². The van der Waals surface area contributed by atoms with Gasteiger partial charge in [-0.15, -0.1) is 0 Å². The first kappa shape index (κ1) is 11.9. The molecule has 0 aromatic heterocycles. The second kappa shape index (κ2) is 5.68. The summed E-state index contributed by atoms with van der Waals surface area (Å²) in [6.07, 6.45) is 0. The highest BCUT2D eigenvalue weighted by atomic mass is 28.3. The Kier molecular flexibility index (Phi) is 3.57. The molecule has 0 aliphatic heterocycles. The third-order valence-electron chi connectivity index (χ3n) is 3.19.